The number of amides is 1. The number of hydrogen-bond donors (Lipinski definition) is 2. The molecule has 1 aromatic rings. The van der Waals surface area contributed by atoms with Gasteiger partial charge in [0.15, 0.2) is 11.6 Å². The monoisotopic (exact) mass is 299 g/mol. The second-order valence-electron chi connectivity index (χ2n) is 4.91. The smallest absolute Gasteiger partial charge is 0.227 e. The largest absolute Gasteiger partial charge is 0.409 e. The zero-order valence-corrected chi connectivity index (χ0v) is 12.0. The van der Waals surface area contributed by atoms with E-state index in [1.54, 1.807) is 13.8 Å². The summed E-state index contributed by atoms with van der Waals surface area (Å²) in [6.07, 6.45) is -0.0377. The Balaban J connectivity index is 2.80. The van der Waals surface area contributed by atoms with Gasteiger partial charge in [-0.15, -0.1) is 0 Å². The number of halogens is 2. The van der Waals surface area contributed by atoms with Gasteiger partial charge in [-0.1, -0.05) is 17.3 Å². The van der Waals surface area contributed by atoms with Gasteiger partial charge in [0.1, 0.15) is 5.84 Å². The van der Waals surface area contributed by atoms with Crippen molar-refractivity contribution in [3.8, 4) is 0 Å². The molecule has 0 aliphatic carbocycles. The summed E-state index contributed by atoms with van der Waals surface area (Å²) in [5.41, 5.74) is 5.38. The van der Waals surface area contributed by atoms with Gasteiger partial charge in [-0.05, 0) is 19.9 Å². The maximum atomic E-state index is 13.6. The molecule has 3 N–H and O–H groups in total. The van der Waals surface area contributed by atoms with Crippen LogP contribution in [0.5, 0.6) is 0 Å². The highest BCUT2D eigenvalue weighted by Crippen LogP contribution is 2.14. The van der Waals surface area contributed by atoms with Gasteiger partial charge in [0.05, 0.1) is 6.42 Å². The molecule has 0 aliphatic rings. The molecule has 0 heterocycles. The molecular weight excluding hydrogens is 280 g/mol. The van der Waals surface area contributed by atoms with E-state index in [4.69, 9.17) is 10.9 Å². The summed E-state index contributed by atoms with van der Waals surface area (Å²) in [5, 5.41) is 11.3. The lowest BCUT2D eigenvalue weighted by molar-refractivity contribution is -0.132. The molecule has 0 saturated heterocycles. The Bertz CT molecular complexity index is 533. The topological polar surface area (TPSA) is 78.9 Å². The summed E-state index contributed by atoms with van der Waals surface area (Å²) in [5.74, 6) is -2.33. The van der Waals surface area contributed by atoms with Crippen molar-refractivity contribution in [1.82, 2.24) is 4.90 Å². The number of nitrogens with two attached hydrogens (primary N) is 1. The molecule has 0 unspecified atom stereocenters. The van der Waals surface area contributed by atoms with Gasteiger partial charge < -0.3 is 15.8 Å². The maximum Gasteiger partial charge on any atom is 0.227 e. The SMILES string of the molecule is CC(C)N(CC/C(N)=N/O)C(=O)Cc1cccc(F)c1F. The quantitative estimate of drug-likeness (QED) is 0.364. The molecule has 0 aliphatic heterocycles. The van der Waals surface area contributed by atoms with Gasteiger partial charge in [0.25, 0.3) is 0 Å². The van der Waals surface area contributed by atoms with Crippen molar-refractivity contribution in [2.45, 2.75) is 32.7 Å². The third-order valence-corrected chi connectivity index (χ3v) is 3.05. The molecule has 1 amide bonds. The number of rotatable bonds is 6. The van der Waals surface area contributed by atoms with Gasteiger partial charge in [-0.2, -0.15) is 0 Å². The molecule has 0 bridgehead atoms. The van der Waals surface area contributed by atoms with E-state index in [2.05, 4.69) is 5.16 Å². The molecule has 0 spiro atoms. The first-order chi connectivity index (χ1) is 9.86. The highest BCUT2D eigenvalue weighted by Gasteiger charge is 2.20. The van der Waals surface area contributed by atoms with Crippen LogP contribution < -0.4 is 5.73 Å². The van der Waals surface area contributed by atoms with Crippen molar-refractivity contribution < 1.29 is 18.8 Å². The molecule has 0 fully saturated rings. The highest BCUT2D eigenvalue weighted by atomic mass is 19.2. The molecule has 1 rings (SSSR count). The minimum atomic E-state index is -1.01. The highest BCUT2D eigenvalue weighted by molar-refractivity contribution is 5.82. The van der Waals surface area contributed by atoms with Crippen molar-refractivity contribution in [3.05, 3.63) is 35.4 Å². The fourth-order valence-corrected chi connectivity index (χ4v) is 1.91. The van der Waals surface area contributed by atoms with Crippen molar-refractivity contribution in [3.63, 3.8) is 0 Å². The number of benzene rings is 1. The molecular formula is C14H19F2N3O2. The van der Waals surface area contributed by atoms with Crippen molar-refractivity contribution in [1.29, 1.82) is 0 Å². The summed E-state index contributed by atoms with van der Waals surface area (Å²) in [7, 11) is 0. The molecule has 0 radical (unpaired) electrons. The van der Waals surface area contributed by atoms with Crippen LogP contribution in [0.25, 0.3) is 0 Å². The van der Waals surface area contributed by atoms with Gasteiger partial charge in [-0.3, -0.25) is 4.79 Å². The number of carbonyl (C=O) groups excluding carboxylic acids is 1. The summed E-state index contributed by atoms with van der Waals surface area (Å²) in [6, 6.07) is 3.60. The lowest BCUT2D eigenvalue weighted by Crippen LogP contribution is -2.40. The summed E-state index contributed by atoms with van der Waals surface area (Å²) in [4.78, 5) is 13.7. The zero-order valence-electron chi connectivity index (χ0n) is 12.0. The van der Waals surface area contributed by atoms with E-state index in [-0.39, 0.29) is 42.7 Å². The molecule has 5 nitrogen and oxygen atoms in total. The van der Waals surface area contributed by atoms with Gasteiger partial charge in [-0.25, -0.2) is 8.78 Å². The number of nitrogens with zero attached hydrogens (tertiary/aromatic N) is 2. The Labute approximate surface area is 122 Å². The Morgan fingerprint density at radius 3 is 2.67 bits per heavy atom. The Morgan fingerprint density at radius 2 is 2.10 bits per heavy atom. The second-order valence-corrected chi connectivity index (χ2v) is 4.91. The average Bonchev–Trinajstić information content (AvgIpc) is 2.43. The van der Waals surface area contributed by atoms with Crippen molar-refractivity contribution in [2.75, 3.05) is 6.54 Å². The van der Waals surface area contributed by atoms with Crippen LogP contribution in [-0.4, -0.2) is 34.4 Å². The minimum Gasteiger partial charge on any atom is -0.409 e. The first kappa shape index (κ1) is 16.9. The number of oxime groups is 1. The lowest BCUT2D eigenvalue weighted by atomic mass is 10.1. The van der Waals surface area contributed by atoms with Gasteiger partial charge in [0.2, 0.25) is 5.91 Å². The third-order valence-electron chi connectivity index (χ3n) is 3.05. The molecule has 116 valence electrons. The van der Waals surface area contributed by atoms with Gasteiger partial charge >= 0.3 is 0 Å². The minimum absolute atomic E-state index is 0.00499. The van der Waals surface area contributed by atoms with Crippen LogP contribution in [0, 0.1) is 11.6 Å². The lowest BCUT2D eigenvalue weighted by Gasteiger charge is -2.26. The van der Waals surface area contributed by atoms with Crippen LogP contribution in [-0.2, 0) is 11.2 Å². The number of carbonyl (C=O) groups is 1. The van der Waals surface area contributed by atoms with E-state index < -0.39 is 11.6 Å². The fourth-order valence-electron chi connectivity index (χ4n) is 1.91. The number of amidine groups is 1. The van der Waals surface area contributed by atoms with E-state index in [1.807, 2.05) is 0 Å². The maximum absolute atomic E-state index is 13.6. The van der Waals surface area contributed by atoms with E-state index in [1.165, 1.54) is 17.0 Å². The van der Waals surface area contributed by atoms with Crippen LogP contribution in [0.2, 0.25) is 0 Å². The zero-order chi connectivity index (χ0) is 16.0. The number of hydrogen-bond acceptors (Lipinski definition) is 3. The van der Waals surface area contributed by atoms with E-state index >= 15 is 0 Å². The fraction of sp³-hybridized carbons (Fsp3) is 0.429. The Morgan fingerprint density at radius 1 is 1.43 bits per heavy atom. The molecule has 0 atom stereocenters. The first-order valence-corrected chi connectivity index (χ1v) is 6.55. The van der Waals surface area contributed by atoms with Crippen LogP contribution in [0.15, 0.2) is 23.4 Å². The molecule has 1 aromatic carbocycles. The van der Waals surface area contributed by atoms with E-state index in [9.17, 15) is 13.6 Å². The summed E-state index contributed by atoms with van der Waals surface area (Å²) >= 11 is 0. The summed E-state index contributed by atoms with van der Waals surface area (Å²) < 4.78 is 26.7. The molecule has 0 saturated carbocycles. The molecule has 21 heavy (non-hydrogen) atoms. The van der Waals surface area contributed by atoms with Crippen molar-refractivity contribution >= 4 is 11.7 Å². The Kier molecular flexibility index (Phi) is 6.08. The van der Waals surface area contributed by atoms with Crippen LogP contribution >= 0.6 is 0 Å². The van der Waals surface area contributed by atoms with Crippen molar-refractivity contribution in [2.24, 2.45) is 10.9 Å². The molecule has 0 aromatic heterocycles. The Hall–Kier alpha value is -2.18. The van der Waals surface area contributed by atoms with E-state index in [0.717, 1.165) is 6.07 Å². The third kappa shape index (κ3) is 4.70. The van der Waals surface area contributed by atoms with Crippen LogP contribution in [0.1, 0.15) is 25.8 Å². The first-order valence-electron chi connectivity index (χ1n) is 6.55. The standard InChI is InChI=1S/C14H19F2N3O2/c1-9(2)19(7-6-12(17)18-21)13(20)8-10-4-3-5-11(15)14(10)16/h3-5,9,21H,6-8H2,1-2H3,(H2,17,18). The summed E-state index contributed by atoms with van der Waals surface area (Å²) in [6.45, 7) is 3.83. The molecule has 7 heteroatoms. The van der Waals surface area contributed by atoms with Gasteiger partial charge in [0, 0.05) is 24.6 Å². The normalized spacial score (nSPS) is 11.8. The van der Waals surface area contributed by atoms with E-state index in [0.29, 0.717) is 0 Å². The second kappa shape index (κ2) is 7.56. The average molecular weight is 299 g/mol. The van der Waals surface area contributed by atoms with Crippen LogP contribution in [0.3, 0.4) is 0 Å². The van der Waals surface area contributed by atoms with Crippen LogP contribution in [0.4, 0.5) is 8.78 Å². The predicted molar refractivity (Wildman–Crippen MR) is 74.9 cm³/mol. The predicted octanol–water partition coefficient (Wildman–Crippen LogP) is 1.88.